The van der Waals surface area contributed by atoms with Gasteiger partial charge in [0.15, 0.2) is 5.82 Å². The van der Waals surface area contributed by atoms with Crippen LogP contribution in [-0.2, 0) is 22.6 Å². The first-order valence-electron chi connectivity index (χ1n) is 12.3. The molecule has 5 aromatic rings. The zero-order chi connectivity index (χ0) is 27.4. The van der Waals surface area contributed by atoms with Gasteiger partial charge < -0.3 is 25.7 Å². The molecule has 5 rings (SSSR count). The summed E-state index contributed by atoms with van der Waals surface area (Å²) in [7, 11) is 0. The van der Waals surface area contributed by atoms with Crippen LogP contribution >= 0.6 is 11.5 Å². The molecule has 2 aromatic carbocycles. The summed E-state index contributed by atoms with van der Waals surface area (Å²) in [5, 5.41) is 8.27. The van der Waals surface area contributed by atoms with Crippen LogP contribution in [0.2, 0.25) is 0 Å². The van der Waals surface area contributed by atoms with Gasteiger partial charge in [-0.2, -0.15) is 0 Å². The summed E-state index contributed by atoms with van der Waals surface area (Å²) >= 11 is 1.37. The van der Waals surface area contributed by atoms with E-state index >= 15 is 0 Å². The minimum absolute atomic E-state index is 0.0688. The van der Waals surface area contributed by atoms with E-state index in [4.69, 9.17) is 15.5 Å². The number of aromatic nitrogens is 4. The maximum absolute atomic E-state index is 12.0. The fraction of sp³-hybridized carbons (Fsp3) is 0.179. The van der Waals surface area contributed by atoms with Crippen LogP contribution in [0, 0.1) is 0 Å². The number of anilines is 1. The molecule has 0 saturated carbocycles. The van der Waals surface area contributed by atoms with Crippen LogP contribution in [0.15, 0.2) is 72.3 Å². The highest BCUT2D eigenvalue weighted by atomic mass is 32.1. The Balaban J connectivity index is 1.31. The highest BCUT2D eigenvalue weighted by Gasteiger charge is 2.19. The lowest BCUT2D eigenvalue weighted by atomic mass is 10.1. The zero-order valence-corrected chi connectivity index (χ0v) is 22.1. The quantitative estimate of drug-likeness (QED) is 0.187. The number of nitrogens with two attached hydrogens (primary N) is 1. The molecule has 0 saturated heterocycles. The van der Waals surface area contributed by atoms with E-state index < -0.39 is 6.09 Å². The third-order valence-corrected chi connectivity index (χ3v) is 6.70. The number of pyridine rings is 1. The molecule has 2 amide bonds. The Labute approximate surface area is 228 Å². The van der Waals surface area contributed by atoms with Crippen molar-refractivity contribution in [3.05, 3.63) is 83.4 Å². The van der Waals surface area contributed by atoms with Gasteiger partial charge in [-0.15, -0.1) is 0 Å². The summed E-state index contributed by atoms with van der Waals surface area (Å²) in [5.41, 5.74) is 12.0. The molecule has 0 unspecified atom stereocenters. The molecule has 0 aliphatic rings. The number of fused-ring (bicyclic) bond motifs is 3. The van der Waals surface area contributed by atoms with Gasteiger partial charge in [0, 0.05) is 35.0 Å². The molecule has 0 fully saturated rings. The summed E-state index contributed by atoms with van der Waals surface area (Å²) in [4.78, 5) is 32.9. The lowest BCUT2D eigenvalue weighted by molar-refractivity contribution is -0.117. The highest BCUT2D eigenvalue weighted by molar-refractivity contribution is 7.03. The predicted molar refractivity (Wildman–Crippen MR) is 152 cm³/mol. The standard InChI is InChI=1S/C28H27N7O3S/c1-17(2)27(36)30-11-12-38-28(37)31-13-18-7-9-19(10-8-18)15-35-24-21-5-3-4-6-22(21)33-25(29)23(24)34-26(35)20-14-32-39-16-20/h3-10,14,16H,1,11-13,15H2,2H3,(H2,29,33)(H,30,36)(H,31,37). The second kappa shape index (κ2) is 11.3. The average Bonchev–Trinajstić information content (AvgIpc) is 3.59. The minimum atomic E-state index is -0.555. The number of rotatable bonds is 9. The molecule has 0 aliphatic heterocycles. The molecule has 0 bridgehead atoms. The average molecular weight is 542 g/mol. The van der Waals surface area contributed by atoms with Crippen molar-refractivity contribution in [2.24, 2.45) is 0 Å². The lowest BCUT2D eigenvalue weighted by Crippen LogP contribution is -2.31. The topological polar surface area (TPSA) is 137 Å². The Kier molecular flexibility index (Phi) is 7.50. The third kappa shape index (κ3) is 5.73. The van der Waals surface area contributed by atoms with Gasteiger partial charge in [-0.05, 0) is 35.6 Å². The summed E-state index contributed by atoms with van der Waals surface area (Å²) in [6, 6.07) is 15.8. The summed E-state index contributed by atoms with van der Waals surface area (Å²) in [5.74, 6) is 0.894. The van der Waals surface area contributed by atoms with Crippen LogP contribution in [0.5, 0.6) is 0 Å². The van der Waals surface area contributed by atoms with Crippen molar-refractivity contribution in [1.29, 1.82) is 0 Å². The Morgan fingerprint density at radius 2 is 1.85 bits per heavy atom. The number of nitrogen functional groups attached to an aromatic ring is 1. The SMILES string of the molecule is C=C(C)C(=O)NCCOC(=O)NCc1ccc(Cn2c(-c3cnsc3)nc3c(N)nc4ccccc4c32)cc1. The van der Waals surface area contributed by atoms with Gasteiger partial charge in [0.05, 0.1) is 23.8 Å². The molecular weight excluding hydrogens is 514 g/mol. The Bertz CT molecular complexity index is 1660. The number of imidazole rings is 1. The van der Waals surface area contributed by atoms with E-state index in [-0.39, 0.29) is 19.1 Å². The summed E-state index contributed by atoms with van der Waals surface area (Å²) < 4.78 is 11.5. The van der Waals surface area contributed by atoms with Crippen molar-refractivity contribution in [3.63, 3.8) is 0 Å². The number of hydrogen-bond donors (Lipinski definition) is 3. The first-order valence-corrected chi connectivity index (χ1v) is 13.1. The van der Waals surface area contributed by atoms with Gasteiger partial charge in [0.25, 0.3) is 0 Å². The number of amides is 2. The van der Waals surface area contributed by atoms with Crippen molar-refractivity contribution in [2.75, 3.05) is 18.9 Å². The predicted octanol–water partition coefficient (Wildman–Crippen LogP) is 4.26. The normalized spacial score (nSPS) is 11.0. The van der Waals surface area contributed by atoms with E-state index in [2.05, 4.69) is 31.1 Å². The molecule has 0 atom stereocenters. The molecule has 3 aromatic heterocycles. The van der Waals surface area contributed by atoms with E-state index in [0.29, 0.717) is 30.0 Å². The molecule has 4 N–H and O–H groups in total. The van der Waals surface area contributed by atoms with Crippen LogP contribution in [-0.4, -0.2) is 44.1 Å². The largest absolute Gasteiger partial charge is 0.448 e. The number of carbonyl (C=O) groups is 2. The van der Waals surface area contributed by atoms with E-state index in [1.807, 2.05) is 53.9 Å². The van der Waals surface area contributed by atoms with E-state index in [1.54, 1.807) is 13.1 Å². The van der Waals surface area contributed by atoms with Gasteiger partial charge >= 0.3 is 6.09 Å². The lowest BCUT2D eigenvalue weighted by Gasteiger charge is -2.12. The van der Waals surface area contributed by atoms with Crippen molar-refractivity contribution in [2.45, 2.75) is 20.0 Å². The number of nitrogens with zero attached hydrogens (tertiary/aromatic N) is 4. The third-order valence-electron chi connectivity index (χ3n) is 6.11. The second-order valence-electron chi connectivity index (χ2n) is 8.99. The zero-order valence-electron chi connectivity index (χ0n) is 21.3. The number of hydrogen-bond acceptors (Lipinski definition) is 8. The van der Waals surface area contributed by atoms with Crippen LogP contribution in [0.1, 0.15) is 18.1 Å². The van der Waals surface area contributed by atoms with Crippen LogP contribution in [0.25, 0.3) is 33.3 Å². The number of alkyl carbamates (subject to hydrolysis) is 1. The molecular formula is C28H27N7O3S. The van der Waals surface area contributed by atoms with Crippen molar-refractivity contribution >= 4 is 51.3 Å². The molecule has 39 heavy (non-hydrogen) atoms. The number of carbonyl (C=O) groups excluding carboxylic acids is 2. The van der Waals surface area contributed by atoms with E-state index in [9.17, 15) is 9.59 Å². The molecule has 198 valence electrons. The Morgan fingerprint density at radius 3 is 2.59 bits per heavy atom. The first-order chi connectivity index (χ1) is 18.9. The maximum Gasteiger partial charge on any atom is 0.407 e. The van der Waals surface area contributed by atoms with Gasteiger partial charge in [-0.1, -0.05) is 49.0 Å². The minimum Gasteiger partial charge on any atom is -0.448 e. The molecule has 0 radical (unpaired) electrons. The Hall–Kier alpha value is -4.77. The van der Waals surface area contributed by atoms with E-state index in [1.165, 1.54) is 11.5 Å². The van der Waals surface area contributed by atoms with Crippen molar-refractivity contribution < 1.29 is 14.3 Å². The fourth-order valence-corrected chi connectivity index (χ4v) is 4.69. The van der Waals surface area contributed by atoms with E-state index in [0.717, 1.165) is 38.9 Å². The molecule has 10 nitrogen and oxygen atoms in total. The number of benzene rings is 2. The summed E-state index contributed by atoms with van der Waals surface area (Å²) in [6.45, 7) is 6.32. The van der Waals surface area contributed by atoms with Gasteiger partial charge in [-0.3, -0.25) is 4.79 Å². The monoisotopic (exact) mass is 541 g/mol. The fourth-order valence-electron chi connectivity index (χ4n) is 4.18. The van der Waals surface area contributed by atoms with Gasteiger partial charge in [0.1, 0.15) is 17.9 Å². The highest BCUT2D eigenvalue weighted by Crippen LogP contribution is 2.33. The van der Waals surface area contributed by atoms with Crippen LogP contribution < -0.4 is 16.4 Å². The molecule has 0 spiro atoms. The smallest absolute Gasteiger partial charge is 0.407 e. The molecule has 11 heteroatoms. The number of para-hydroxylation sites is 1. The van der Waals surface area contributed by atoms with Gasteiger partial charge in [-0.25, -0.2) is 19.1 Å². The van der Waals surface area contributed by atoms with Crippen LogP contribution in [0.4, 0.5) is 10.6 Å². The number of nitrogens with one attached hydrogen (secondary N) is 2. The molecule has 0 aliphatic carbocycles. The van der Waals surface area contributed by atoms with Crippen LogP contribution in [0.3, 0.4) is 0 Å². The summed E-state index contributed by atoms with van der Waals surface area (Å²) in [6.07, 6.45) is 1.25. The maximum atomic E-state index is 12.0. The van der Waals surface area contributed by atoms with Crippen molar-refractivity contribution in [3.8, 4) is 11.4 Å². The second-order valence-corrected chi connectivity index (χ2v) is 9.65. The molecule has 3 heterocycles. The first kappa shape index (κ1) is 25.9. The van der Waals surface area contributed by atoms with Gasteiger partial charge in [0.2, 0.25) is 5.91 Å². The van der Waals surface area contributed by atoms with Crippen molar-refractivity contribution in [1.82, 2.24) is 29.5 Å². The number of ether oxygens (including phenoxy) is 1. The Morgan fingerprint density at radius 1 is 1.08 bits per heavy atom.